The minimum Gasteiger partial charge on any atom is -0.308 e. The summed E-state index contributed by atoms with van der Waals surface area (Å²) in [6.07, 6.45) is 0. The minimum atomic E-state index is 1.23. The van der Waals surface area contributed by atoms with Crippen LogP contribution in [0.25, 0.3) is 104 Å². The molecule has 0 amide bonds. The fourth-order valence-electron chi connectivity index (χ4n) is 8.29. The molecule has 0 aliphatic heterocycles. The SMILES string of the molecule is c1ccc(-c2ccc(-c3ccc4cc5c6cccc7c8cc9ccc(-c%10ccc(-c%11ccccc%11)cc%10)cc9cc8n(c5cc4c3)c67)cc2)cc1. The third-order valence-corrected chi connectivity index (χ3v) is 10.9. The minimum absolute atomic E-state index is 1.23. The van der Waals surface area contributed by atoms with Gasteiger partial charge in [0.15, 0.2) is 0 Å². The molecule has 0 N–H and O–H groups in total. The van der Waals surface area contributed by atoms with E-state index in [4.69, 9.17) is 0 Å². The second kappa shape index (κ2) is 10.9. The summed E-state index contributed by atoms with van der Waals surface area (Å²) in [6.45, 7) is 0. The first-order valence-electron chi connectivity index (χ1n) is 17.7. The normalized spacial score (nSPS) is 11.9. The van der Waals surface area contributed by atoms with Crippen LogP contribution in [0.2, 0.25) is 0 Å². The molecule has 236 valence electrons. The largest absolute Gasteiger partial charge is 0.308 e. The second-order valence-corrected chi connectivity index (χ2v) is 13.8. The average molecular weight is 646 g/mol. The molecule has 0 aliphatic rings. The maximum Gasteiger partial charge on any atom is 0.0620 e. The van der Waals surface area contributed by atoms with Crippen LogP contribution in [0.1, 0.15) is 0 Å². The molecular formula is C50H31N. The van der Waals surface area contributed by atoms with Gasteiger partial charge in [-0.2, -0.15) is 0 Å². The number of para-hydroxylation sites is 1. The molecule has 0 saturated heterocycles. The second-order valence-electron chi connectivity index (χ2n) is 13.8. The summed E-state index contributed by atoms with van der Waals surface area (Å²) in [5.74, 6) is 0. The van der Waals surface area contributed by atoms with E-state index in [9.17, 15) is 0 Å². The van der Waals surface area contributed by atoms with Crippen LogP contribution >= 0.6 is 0 Å². The average Bonchev–Trinajstić information content (AvgIpc) is 3.70. The van der Waals surface area contributed by atoms with Crippen molar-refractivity contribution in [3.05, 3.63) is 188 Å². The monoisotopic (exact) mass is 645 g/mol. The zero-order chi connectivity index (χ0) is 33.5. The Kier molecular flexibility index (Phi) is 6.02. The first-order chi connectivity index (χ1) is 25.2. The molecule has 1 nitrogen and oxygen atoms in total. The van der Waals surface area contributed by atoms with E-state index < -0.39 is 0 Å². The van der Waals surface area contributed by atoms with Crippen molar-refractivity contribution in [2.45, 2.75) is 0 Å². The van der Waals surface area contributed by atoms with Gasteiger partial charge in [-0.1, -0.05) is 152 Å². The van der Waals surface area contributed by atoms with Crippen LogP contribution in [0.5, 0.6) is 0 Å². The van der Waals surface area contributed by atoms with Crippen LogP contribution < -0.4 is 0 Å². The number of hydrogen-bond donors (Lipinski definition) is 0. The molecule has 11 aromatic rings. The Bertz CT molecular complexity index is 2870. The molecule has 51 heavy (non-hydrogen) atoms. The van der Waals surface area contributed by atoms with Gasteiger partial charge in [-0.05, 0) is 102 Å². The summed E-state index contributed by atoms with van der Waals surface area (Å²) in [6, 6.07) is 69.2. The maximum absolute atomic E-state index is 2.51. The fraction of sp³-hybridized carbons (Fsp3) is 0. The maximum atomic E-state index is 2.51. The molecule has 0 aliphatic carbocycles. The topological polar surface area (TPSA) is 4.41 Å². The Morgan fingerprint density at radius 3 is 1.04 bits per heavy atom. The van der Waals surface area contributed by atoms with E-state index in [0.29, 0.717) is 0 Å². The zero-order valence-electron chi connectivity index (χ0n) is 27.8. The molecule has 0 unspecified atom stereocenters. The molecule has 0 saturated carbocycles. The van der Waals surface area contributed by atoms with E-state index in [2.05, 4.69) is 192 Å². The van der Waals surface area contributed by atoms with Gasteiger partial charge in [-0.25, -0.2) is 0 Å². The lowest BCUT2D eigenvalue weighted by atomic mass is 9.97. The van der Waals surface area contributed by atoms with Gasteiger partial charge in [0.1, 0.15) is 0 Å². The highest BCUT2D eigenvalue weighted by molar-refractivity contribution is 6.26. The van der Waals surface area contributed by atoms with Crippen molar-refractivity contribution < 1.29 is 0 Å². The van der Waals surface area contributed by atoms with Crippen LogP contribution in [0.15, 0.2) is 188 Å². The molecule has 0 radical (unpaired) electrons. The van der Waals surface area contributed by atoms with Gasteiger partial charge >= 0.3 is 0 Å². The van der Waals surface area contributed by atoms with Gasteiger partial charge in [0, 0.05) is 21.5 Å². The standard InChI is InChI=1S/C50H31N/c1-3-8-32(9-4-1)34-14-18-36(19-15-34)38-22-24-40-28-46-44-12-7-13-45-47-29-41-25-23-39(37-20-16-35(17-21-37)33-10-5-2-6-11-33)27-43(41)31-49(47)51(50(44)45)48(46)30-42(40)26-38/h1-31H. The first-order valence-corrected chi connectivity index (χ1v) is 17.7. The van der Waals surface area contributed by atoms with Gasteiger partial charge in [0.2, 0.25) is 0 Å². The van der Waals surface area contributed by atoms with E-state index in [0.717, 1.165) is 0 Å². The third-order valence-electron chi connectivity index (χ3n) is 10.9. The van der Waals surface area contributed by atoms with Gasteiger partial charge in [-0.15, -0.1) is 0 Å². The Morgan fingerprint density at radius 2 is 0.608 bits per heavy atom. The summed E-state index contributed by atoms with van der Waals surface area (Å²) in [7, 11) is 0. The van der Waals surface area contributed by atoms with Crippen molar-refractivity contribution in [3.8, 4) is 44.5 Å². The molecule has 2 heterocycles. The highest BCUT2D eigenvalue weighted by Gasteiger charge is 2.19. The van der Waals surface area contributed by atoms with Crippen molar-refractivity contribution in [2.24, 2.45) is 0 Å². The van der Waals surface area contributed by atoms with Crippen LogP contribution in [0.3, 0.4) is 0 Å². The first kappa shape index (κ1) is 28.2. The van der Waals surface area contributed by atoms with Crippen molar-refractivity contribution in [2.75, 3.05) is 0 Å². The lowest BCUT2D eigenvalue weighted by Crippen LogP contribution is -1.85. The molecule has 11 rings (SSSR count). The van der Waals surface area contributed by atoms with Crippen molar-refractivity contribution in [1.29, 1.82) is 0 Å². The Labute approximate surface area is 295 Å². The molecule has 9 aromatic carbocycles. The predicted molar refractivity (Wildman–Crippen MR) is 218 cm³/mol. The summed E-state index contributed by atoms with van der Waals surface area (Å²) >= 11 is 0. The van der Waals surface area contributed by atoms with Crippen molar-refractivity contribution in [3.63, 3.8) is 0 Å². The fourth-order valence-corrected chi connectivity index (χ4v) is 8.29. The van der Waals surface area contributed by atoms with Crippen LogP contribution in [0, 0.1) is 0 Å². The number of rotatable bonds is 4. The lowest BCUT2D eigenvalue weighted by molar-refractivity contribution is 1.38. The molecule has 0 bridgehead atoms. The van der Waals surface area contributed by atoms with Crippen molar-refractivity contribution >= 4 is 59.6 Å². The zero-order valence-corrected chi connectivity index (χ0v) is 27.8. The number of benzene rings is 9. The number of nitrogens with zero attached hydrogens (tertiary/aromatic N) is 1. The molecule has 0 fully saturated rings. The number of aromatic nitrogens is 1. The van der Waals surface area contributed by atoms with Gasteiger partial charge in [-0.3, -0.25) is 0 Å². The highest BCUT2D eigenvalue weighted by atomic mass is 14.9. The smallest absolute Gasteiger partial charge is 0.0620 e. The van der Waals surface area contributed by atoms with E-state index in [1.54, 1.807) is 0 Å². The lowest BCUT2D eigenvalue weighted by Gasteiger charge is -2.08. The summed E-state index contributed by atoms with van der Waals surface area (Å²) in [5.41, 5.74) is 13.7. The quantitative estimate of drug-likeness (QED) is 0.179. The number of fused-ring (bicyclic) bond motifs is 8. The van der Waals surface area contributed by atoms with E-state index in [1.807, 2.05) is 0 Å². The van der Waals surface area contributed by atoms with Crippen molar-refractivity contribution in [1.82, 2.24) is 4.40 Å². The Morgan fingerprint density at radius 1 is 0.235 bits per heavy atom. The molecule has 0 atom stereocenters. The molecule has 2 aromatic heterocycles. The van der Waals surface area contributed by atoms with Gasteiger partial charge in [0.05, 0.1) is 16.6 Å². The summed E-state index contributed by atoms with van der Waals surface area (Å²) in [5, 5.41) is 10.3. The molecular weight excluding hydrogens is 615 g/mol. The van der Waals surface area contributed by atoms with E-state index in [1.165, 1.54) is 104 Å². The molecule has 0 spiro atoms. The van der Waals surface area contributed by atoms with Crippen LogP contribution in [-0.4, -0.2) is 4.40 Å². The van der Waals surface area contributed by atoms with Crippen LogP contribution in [0.4, 0.5) is 0 Å². The number of hydrogen-bond acceptors (Lipinski definition) is 0. The highest BCUT2D eigenvalue weighted by Crippen LogP contribution is 2.42. The van der Waals surface area contributed by atoms with Crippen LogP contribution in [-0.2, 0) is 0 Å². The van der Waals surface area contributed by atoms with Gasteiger partial charge in [0.25, 0.3) is 0 Å². The Balaban J connectivity index is 1.05. The van der Waals surface area contributed by atoms with Gasteiger partial charge < -0.3 is 4.40 Å². The van der Waals surface area contributed by atoms with E-state index >= 15 is 0 Å². The third kappa shape index (κ3) is 4.42. The predicted octanol–water partition coefficient (Wildman–Crippen LogP) is 13.8. The van der Waals surface area contributed by atoms with E-state index in [-0.39, 0.29) is 0 Å². The Hall–Kier alpha value is -6.70. The molecule has 1 heteroatoms. The summed E-state index contributed by atoms with van der Waals surface area (Å²) < 4.78 is 2.51. The summed E-state index contributed by atoms with van der Waals surface area (Å²) in [4.78, 5) is 0.